The summed E-state index contributed by atoms with van der Waals surface area (Å²) in [7, 11) is 0. The highest BCUT2D eigenvalue weighted by Gasteiger charge is 2.03. The summed E-state index contributed by atoms with van der Waals surface area (Å²) in [5.41, 5.74) is 0. The van der Waals surface area contributed by atoms with E-state index in [1.807, 2.05) is 0 Å². The second-order valence-corrected chi connectivity index (χ2v) is 12.1. The third kappa shape index (κ3) is 49.0. The minimum Gasteiger partial charge on any atom is -0.463 e. The van der Waals surface area contributed by atoms with E-state index in [0.29, 0.717) is 158 Å². The van der Waals surface area contributed by atoms with Gasteiger partial charge in [-0.25, -0.2) is 0 Å². The Morgan fingerprint density at radius 2 is 0.491 bits per heavy atom. The molecule has 14 heteroatoms. The van der Waals surface area contributed by atoms with Crippen LogP contribution in [-0.2, 0) is 66.4 Å². The first-order valence-electron chi connectivity index (χ1n) is 20.4. The van der Waals surface area contributed by atoms with E-state index in [1.54, 1.807) is 0 Å². The first kappa shape index (κ1) is 52.0. The zero-order valence-electron chi connectivity index (χ0n) is 33.7. The third-order valence-corrected chi connectivity index (χ3v) is 7.46. The maximum atomic E-state index is 11.7. The Bertz CT molecular complexity index is 676. The second-order valence-electron chi connectivity index (χ2n) is 12.1. The molecule has 0 saturated heterocycles. The Labute approximate surface area is 321 Å². The summed E-state index contributed by atoms with van der Waals surface area (Å²) >= 11 is 0. The Morgan fingerprint density at radius 3 is 0.792 bits per heavy atom. The molecule has 0 saturated carbocycles. The summed E-state index contributed by atoms with van der Waals surface area (Å²) in [6.45, 7) is 17.3. The lowest BCUT2D eigenvalue weighted by molar-refractivity contribution is -0.145. The molecule has 0 rings (SSSR count). The molecule has 0 aromatic carbocycles. The van der Waals surface area contributed by atoms with Gasteiger partial charge in [-0.05, 0) is 12.8 Å². The maximum Gasteiger partial charge on any atom is 0.305 e. The van der Waals surface area contributed by atoms with Crippen molar-refractivity contribution in [2.24, 2.45) is 0 Å². The standard InChI is InChI=1S/C39H78O14/c1-3-5-7-9-10-11-13-39(40)53-38-37-52-36-35-51-34-33-50-32-31-49-30-29-48-28-27-47-26-25-46-24-23-45-22-21-44-20-19-43-18-17-42-16-15-41-14-12-8-6-4-2/h3-38H2,1-2H3. The van der Waals surface area contributed by atoms with Gasteiger partial charge in [0.2, 0.25) is 0 Å². The van der Waals surface area contributed by atoms with E-state index in [0.717, 1.165) is 25.9 Å². The Hall–Kier alpha value is -1.01. The van der Waals surface area contributed by atoms with Crippen LogP contribution in [0, 0.1) is 0 Å². The van der Waals surface area contributed by atoms with Gasteiger partial charge < -0.3 is 61.6 Å². The summed E-state index contributed by atoms with van der Waals surface area (Å²) in [5, 5.41) is 0. The van der Waals surface area contributed by atoms with Crippen molar-refractivity contribution in [1.82, 2.24) is 0 Å². The van der Waals surface area contributed by atoms with E-state index in [9.17, 15) is 4.79 Å². The molecule has 14 nitrogen and oxygen atoms in total. The summed E-state index contributed by atoms with van der Waals surface area (Å²) in [4.78, 5) is 11.7. The highest BCUT2D eigenvalue weighted by Crippen LogP contribution is 2.07. The molecule has 0 aliphatic carbocycles. The SMILES string of the molecule is CCCCCCCCC(=O)OCCOCCOCCOCCOCCOCCOCCOCCOCCOCCOCCOCCOCCCCCC. The number of esters is 1. The molecule has 0 bridgehead atoms. The fourth-order valence-electron chi connectivity index (χ4n) is 4.49. The number of ether oxygens (including phenoxy) is 13. The number of rotatable bonds is 48. The lowest BCUT2D eigenvalue weighted by Gasteiger charge is -2.09. The largest absolute Gasteiger partial charge is 0.463 e. The van der Waals surface area contributed by atoms with E-state index in [2.05, 4.69) is 13.8 Å². The van der Waals surface area contributed by atoms with E-state index < -0.39 is 0 Å². The van der Waals surface area contributed by atoms with E-state index >= 15 is 0 Å². The molecule has 0 heterocycles. The third-order valence-electron chi connectivity index (χ3n) is 7.46. The van der Waals surface area contributed by atoms with Gasteiger partial charge in [-0.15, -0.1) is 0 Å². The van der Waals surface area contributed by atoms with Crippen LogP contribution in [0.15, 0.2) is 0 Å². The van der Waals surface area contributed by atoms with Crippen molar-refractivity contribution in [1.29, 1.82) is 0 Å². The minimum atomic E-state index is -0.143. The quantitative estimate of drug-likeness (QED) is 0.0602. The molecule has 0 unspecified atom stereocenters. The molecule has 0 aliphatic rings. The molecule has 0 N–H and O–H groups in total. The lowest BCUT2D eigenvalue weighted by Crippen LogP contribution is -2.15. The van der Waals surface area contributed by atoms with Crippen LogP contribution >= 0.6 is 0 Å². The number of carbonyl (C=O) groups excluding carboxylic acids is 1. The smallest absolute Gasteiger partial charge is 0.305 e. The predicted octanol–water partition coefficient (Wildman–Crippen LogP) is 5.06. The van der Waals surface area contributed by atoms with Crippen LogP contribution in [0.4, 0.5) is 0 Å². The van der Waals surface area contributed by atoms with Crippen LogP contribution in [0.5, 0.6) is 0 Å². The number of unbranched alkanes of at least 4 members (excludes halogenated alkanes) is 8. The topological polar surface area (TPSA) is 137 Å². The Balaban J connectivity index is 3.09. The van der Waals surface area contributed by atoms with Gasteiger partial charge in [0.05, 0.1) is 152 Å². The van der Waals surface area contributed by atoms with Gasteiger partial charge in [-0.2, -0.15) is 0 Å². The van der Waals surface area contributed by atoms with Gasteiger partial charge in [0.15, 0.2) is 0 Å². The zero-order valence-corrected chi connectivity index (χ0v) is 33.7. The fourth-order valence-corrected chi connectivity index (χ4v) is 4.49. The molecule has 318 valence electrons. The van der Waals surface area contributed by atoms with Crippen LogP contribution in [0.1, 0.15) is 84.5 Å². The molecule has 53 heavy (non-hydrogen) atoms. The first-order chi connectivity index (χ1) is 26.3. The van der Waals surface area contributed by atoms with Crippen molar-refractivity contribution >= 4 is 5.97 Å². The summed E-state index contributed by atoms with van der Waals surface area (Å²) in [6.07, 6.45) is 12.3. The molecule has 0 fully saturated rings. The van der Waals surface area contributed by atoms with E-state index in [1.165, 1.54) is 44.9 Å². The Morgan fingerprint density at radius 1 is 0.264 bits per heavy atom. The van der Waals surface area contributed by atoms with E-state index in [-0.39, 0.29) is 12.6 Å². The minimum absolute atomic E-state index is 0.143. The predicted molar refractivity (Wildman–Crippen MR) is 203 cm³/mol. The van der Waals surface area contributed by atoms with Crippen molar-refractivity contribution in [3.05, 3.63) is 0 Å². The average molecular weight is 771 g/mol. The van der Waals surface area contributed by atoms with Crippen molar-refractivity contribution in [2.45, 2.75) is 84.5 Å². The average Bonchev–Trinajstić information content (AvgIpc) is 3.16. The summed E-state index contributed by atoms with van der Waals surface area (Å²) in [6, 6.07) is 0. The molecule has 0 aromatic rings. The normalized spacial score (nSPS) is 11.5. The van der Waals surface area contributed by atoms with Gasteiger partial charge in [-0.3, -0.25) is 4.79 Å². The second kappa shape index (κ2) is 49.0. The molecular weight excluding hydrogens is 692 g/mol. The van der Waals surface area contributed by atoms with Crippen molar-refractivity contribution in [2.75, 3.05) is 165 Å². The van der Waals surface area contributed by atoms with Crippen LogP contribution in [0.2, 0.25) is 0 Å². The van der Waals surface area contributed by atoms with Crippen LogP contribution in [0.25, 0.3) is 0 Å². The van der Waals surface area contributed by atoms with Crippen LogP contribution < -0.4 is 0 Å². The lowest BCUT2D eigenvalue weighted by atomic mass is 10.1. The molecule has 0 aromatic heterocycles. The highest BCUT2D eigenvalue weighted by molar-refractivity contribution is 5.69. The zero-order chi connectivity index (χ0) is 38.2. The summed E-state index contributed by atoms with van der Waals surface area (Å²) < 4.78 is 71.0. The van der Waals surface area contributed by atoms with Gasteiger partial charge in [0.1, 0.15) is 6.61 Å². The van der Waals surface area contributed by atoms with Crippen molar-refractivity contribution < 1.29 is 66.4 Å². The highest BCUT2D eigenvalue weighted by atomic mass is 16.6. The molecule has 0 atom stereocenters. The van der Waals surface area contributed by atoms with Crippen molar-refractivity contribution in [3.63, 3.8) is 0 Å². The molecule has 0 amide bonds. The van der Waals surface area contributed by atoms with Crippen LogP contribution in [0.3, 0.4) is 0 Å². The molecule has 0 spiro atoms. The van der Waals surface area contributed by atoms with Gasteiger partial charge in [-0.1, -0.05) is 65.2 Å². The number of hydrogen-bond donors (Lipinski definition) is 0. The fraction of sp³-hybridized carbons (Fsp3) is 0.974. The number of hydrogen-bond acceptors (Lipinski definition) is 14. The first-order valence-corrected chi connectivity index (χ1v) is 20.4. The van der Waals surface area contributed by atoms with Crippen LogP contribution in [-0.4, -0.2) is 171 Å². The maximum absolute atomic E-state index is 11.7. The van der Waals surface area contributed by atoms with Gasteiger partial charge in [0, 0.05) is 13.0 Å². The van der Waals surface area contributed by atoms with Gasteiger partial charge >= 0.3 is 5.97 Å². The summed E-state index contributed by atoms with van der Waals surface area (Å²) in [5.74, 6) is -0.143. The molecule has 0 radical (unpaired) electrons. The van der Waals surface area contributed by atoms with Crippen molar-refractivity contribution in [3.8, 4) is 0 Å². The Kier molecular flexibility index (Phi) is 48.1. The number of carbonyl (C=O) groups is 1. The monoisotopic (exact) mass is 771 g/mol. The molecular formula is C39H78O14. The molecule has 0 aliphatic heterocycles. The van der Waals surface area contributed by atoms with Gasteiger partial charge in [0.25, 0.3) is 0 Å². The van der Waals surface area contributed by atoms with E-state index in [4.69, 9.17) is 61.6 Å².